The van der Waals surface area contributed by atoms with E-state index in [1.165, 1.54) is 5.56 Å². The highest BCUT2D eigenvalue weighted by Crippen LogP contribution is 2.29. The molecule has 0 saturated carbocycles. The van der Waals surface area contributed by atoms with E-state index in [9.17, 15) is 4.79 Å². The van der Waals surface area contributed by atoms with Gasteiger partial charge in [-0.2, -0.15) is 0 Å². The van der Waals surface area contributed by atoms with Crippen molar-refractivity contribution in [1.29, 1.82) is 0 Å². The molecule has 0 amide bonds. The van der Waals surface area contributed by atoms with E-state index in [0.29, 0.717) is 11.9 Å². The summed E-state index contributed by atoms with van der Waals surface area (Å²) in [5.41, 5.74) is 3.32. The fourth-order valence-electron chi connectivity index (χ4n) is 3.89. The lowest BCUT2D eigenvalue weighted by Crippen LogP contribution is -2.36. The summed E-state index contributed by atoms with van der Waals surface area (Å²) in [6, 6.07) is 19.0. The first kappa shape index (κ1) is 16.0. The van der Waals surface area contributed by atoms with Crippen LogP contribution in [0.3, 0.4) is 0 Å². The zero-order valence-electron chi connectivity index (χ0n) is 14.6. The van der Waals surface area contributed by atoms with E-state index >= 15 is 0 Å². The summed E-state index contributed by atoms with van der Waals surface area (Å²) in [5.74, 6) is 0.629. The van der Waals surface area contributed by atoms with Crippen LogP contribution < -0.4 is 0 Å². The van der Waals surface area contributed by atoms with Crippen molar-refractivity contribution in [3.8, 4) is 0 Å². The monoisotopic (exact) mass is 333 g/mol. The molecule has 0 bridgehead atoms. The lowest BCUT2D eigenvalue weighted by Gasteiger charge is -2.34. The van der Waals surface area contributed by atoms with Crippen LogP contribution in [0.1, 0.15) is 42.0 Å². The van der Waals surface area contributed by atoms with Gasteiger partial charge in [-0.1, -0.05) is 42.5 Å². The van der Waals surface area contributed by atoms with E-state index in [4.69, 9.17) is 0 Å². The minimum absolute atomic E-state index is 0.0383. The van der Waals surface area contributed by atoms with Crippen molar-refractivity contribution in [2.75, 3.05) is 13.1 Å². The van der Waals surface area contributed by atoms with Crippen LogP contribution in [0.5, 0.6) is 0 Å². The number of fused-ring (bicyclic) bond motifs is 1. The van der Waals surface area contributed by atoms with Crippen LogP contribution in [-0.4, -0.2) is 33.3 Å². The van der Waals surface area contributed by atoms with Crippen molar-refractivity contribution in [1.82, 2.24) is 14.5 Å². The van der Waals surface area contributed by atoms with E-state index in [0.717, 1.165) is 43.5 Å². The van der Waals surface area contributed by atoms with Gasteiger partial charge in [-0.3, -0.25) is 9.69 Å². The molecule has 3 aromatic rings. The van der Waals surface area contributed by atoms with Gasteiger partial charge in [0.15, 0.2) is 11.6 Å². The number of hydrogen-bond donors (Lipinski definition) is 0. The second-order valence-corrected chi connectivity index (χ2v) is 6.87. The molecule has 4 heteroatoms. The highest BCUT2D eigenvalue weighted by molar-refractivity contribution is 5.94. The standard InChI is InChI=1S/C21H23N3O/c1-16(25)21-22-19-11-5-6-12-20(19)24(21)18-10-7-13-23(15-18)14-17-8-3-2-4-9-17/h2-6,8-9,11-12,18H,7,10,13-15H2,1H3/t18-/m1/s1. The topological polar surface area (TPSA) is 38.1 Å². The van der Waals surface area contributed by atoms with Crippen LogP contribution in [0, 0.1) is 0 Å². The van der Waals surface area contributed by atoms with Gasteiger partial charge in [-0.25, -0.2) is 4.98 Å². The third-order valence-electron chi connectivity index (χ3n) is 5.01. The van der Waals surface area contributed by atoms with Gasteiger partial charge in [0.05, 0.1) is 11.0 Å². The quantitative estimate of drug-likeness (QED) is 0.675. The van der Waals surface area contributed by atoms with E-state index in [2.05, 4.69) is 50.8 Å². The highest BCUT2D eigenvalue weighted by atomic mass is 16.1. The molecule has 0 N–H and O–H groups in total. The number of carbonyl (C=O) groups is 1. The Balaban J connectivity index is 1.64. The highest BCUT2D eigenvalue weighted by Gasteiger charge is 2.26. The summed E-state index contributed by atoms with van der Waals surface area (Å²) in [7, 11) is 0. The first-order valence-corrected chi connectivity index (χ1v) is 8.96. The van der Waals surface area contributed by atoms with Gasteiger partial charge in [0.1, 0.15) is 0 Å². The largest absolute Gasteiger partial charge is 0.317 e. The minimum atomic E-state index is 0.0383. The molecule has 0 aliphatic carbocycles. The van der Waals surface area contributed by atoms with Gasteiger partial charge in [0, 0.05) is 26.1 Å². The summed E-state index contributed by atoms with van der Waals surface area (Å²) in [4.78, 5) is 19.2. The summed E-state index contributed by atoms with van der Waals surface area (Å²) in [5, 5.41) is 0. The van der Waals surface area contributed by atoms with Crippen molar-refractivity contribution in [2.24, 2.45) is 0 Å². The minimum Gasteiger partial charge on any atom is -0.317 e. The van der Waals surface area contributed by atoms with Crippen LogP contribution in [0.25, 0.3) is 11.0 Å². The molecule has 25 heavy (non-hydrogen) atoms. The number of aromatic nitrogens is 2. The predicted molar refractivity (Wildman–Crippen MR) is 99.7 cm³/mol. The molecule has 4 rings (SSSR count). The number of likely N-dealkylation sites (tertiary alicyclic amines) is 1. The molecule has 2 aromatic carbocycles. The molecule has 0 unspecified atom stereocenters. The van der Waals surface area contributed by atoms with E-state index in [1.54, 1.807) is 6.92 Å². The molecule has 0 radical (unpaired) electrons. The Kier molecular flexibility index (Phi) is 4.36. The SMILES string of the molecule is CC(=O)c1nc2ccccc2n1[C@@H]1CCCN(Cc2ccccc2)C1. The van der Waals surface area contributed by atoms with E-state index in [1.807, 2.05) is 18.2 Å². The summed E-state index contributed by atoms with van der Waals surface area (Å²) >= 11 is 0. The fraction of sp³-hybridized carbons (Fsp3) is 0.333. The summed E-state index contributed by atoms with van der Waals surface area (Å²) < 4.78 is 2.18. The first-order chi connectivity index (χ1) is 12.2. The van der Waals surface area contributed by atoms with E-state index < -0.39 is 0 Å². The maximum absolute atomic E-state index is 12.2. The van der Waals surface area contributed by atoms with Crippen molar-refractivity contribution in [3.05, 3.63) is 66.0 Å². The number of hydrogen-bond acceptors (Lipinski definition) is 3. The van der Waals surface area contributed by atoms with Gasteiger partial charge < -0.3 is 4.57 Å². The zero-order chi connectivity index (χ0) is 17.2. The van der Waals surface area contributed by atoms with Crippen molar-refractivity contribution in [3.63, 3.8) is 0 Å². The number of Topliss-reactive ketones (excluding diaryl/α,β-unsaturated/α-hetero) is 1. The Morgan fingerprint density at radius 3 is 2.68 bits per heavy atom. The fourth-order valence-corrected chi connectivity index (χ4v) is 3.89. The third kappa shape index (κ3) is 3.22. The second-order valence-electron chi connectivity index (χ2n) is 6.87. The Labute approximate surface area is 148 Å². The van der Waals surface area contributed by atoms with Crippen molar-refractivity contribution in [2.45, 2.75) is 32.4 Å². The summed E-state index contributed by atoms with van der Waals surface area (Å²) in [6.45, 7) is 4.63. The normalized spacial score (nSPS) is 18.5. The number of carbonyl (C=O) groups excluding carboxylic acids is 1. The molecule has 2 heterocycles. The van der Waals surface area contributed by atoms with Gasteiger partial charge in [0.25, 0.3) is 0 Å². The number of para-hydroxylation sites is 2. The lowest BCUT2D eigenvalue weighted by atomic mass is 10.0. The van der Waals surface area contributed by atoms with Crippen LogP contribution >= 0.6 is 0 Å². The second kappa shape index (κ2) is 6.81. The number of ketones is 1. The molecule has 1 atom stereocenters. The number of benzene rings is 2. The Morgan fingerprint density at radius 1 is 1.12 bits per heavy atom. The van der Waals surface area contributed by atoms with Crippen LogP contribution in [-0.2, 0) is 6.54 Å². The molecular weight excluding hydrogens is 310 g/mol. The molecule has 1 saturated heterocycles. The Hall–Kier alpha value is -2.46. The molecule has 128 valence electrons. The van der Waals surface area contributed by atoms with Crippen LogP contribution in [0.15, 0.2) is 54.6 Å². The third-order valence-corrected chi connectivity index (χ3v) is 5.01. The number of piperidine rings is 1. The smallest absolute Gasteiger partial charge is 0.195 e. The molecule has 4 nitrogen and oxygen atoms in total. The average Bonchev–Trinajstić information content (AvgIpc) is 3.03. The maximum atomic E-state index is 12.2. The molecular formula is C21H23N3O. The zero-order valence-corrected chi connectivity index (χ0v) is 14.6. The van der Waals surface area contributed by atoms with E-state index in [-0.39, 0.29) is 5.78 Å². The van der Waals surface area contributed by atoms with Crippen LogP contribution in [0.4, 0.5) is 0 Å². The number of nitrogens with zero attached hydrogens (tertiary/aromatic N) is 3. The maximum Gasteiger partial charge on any atom is 0.195 e. The Morgan fingerprint density at radius 2 is 1.88 bits per heavy atom. The lowest BCUT2D eigenvalue weighted by molar-refractivity contribution is 0.0990. The predicted octanol–water partition coefficient (Wildman–Crippen LogP) is 4.08. The molecule has 1 aliphatic heterocycles. The first-order valence-electron chi connectivity index (χ1n) is 8.96. The van der Waals surface area contributed by atoms with Crippen molar-refractivity contribution < 1.29 is 4.79 Å². The molecule has 1 aromatic heterocycles. The number of imidazole rings is 1. The molecule has 1 aliphatic rings. The van der Waals surface area contributed by atoms with Gasteiger partial charge in [-0.05, 0) is 37.1 Å². The molecule has 0 spiro atoms. The number of rotatable bonds is 4. The van der Waals surface area contributed by atoms with Gasteiger partial charge >= 0.3 is 0 Å². The van der Waals surface area contributed by atoms with Crippen molar-refractivity contribution >= 4 is 16.8 Å². The van der Waals surface area contributed by atoms with Gasteiger partial charge in [0.2, 0.25) is 0 Å². The summed E-state index contributed by atoms with van der Waals surface area (Å²) in [6.07, 6.45) is 2.23. The molecule has 1 fully saturated rings. The van der Waals surface area contributed by atoms with Gasteiger partial charge in [-0.15, -0.1) is 0 Å². The average molecular weight is 333 g/mol. The van der Waals surface area contributed by atoms with Crippen LogP contribution in [0.2, 0.25) is 0 Å². The Bertz CT molecular complexity index is 885.